The number of halogens is 1. The number of aromatic hydroxyl groups is 1. The van der Waals surface area contributed by atoms with Gasteiger partial charge in [0, 0.05) is 13.0 Å². The van der Waals surface area contributed by atoms with Crippen LogP contribution in [-0.4, -0.2) is 23.5 Å². The first kappa shape index (κ1) is 12.7. The van der Waals surface area contributed by atoms with Gasteiger partial charge in [-0.25, -0.2) is 0 Å². The monoisotopic (exact) mass is 268 g/mol. The van der Waals surface area contributed by atoms with Crippen LogP contribution in [0.2, 0.25) is 5.02 Å². The van der Waals surface area contributed by atoms with Gasteiger partial charge in [0.05, 0.1) is 11.6 Å². The van der Waals surface area contributed by atoms with E-state index in [4.69, 9.17) is 17.3 Å². The van der Waals surface area contributed by atoms with Crippen molar-refractivity contribution in [1.29, 1.82) is 0 Å². The van der Waals surface area contributed by atoms with E-state index >= 15 is 0 Å². The molecule has 18 heavy (non-hydrogen) atoms. The lowest BCUT2D eigenvalue weighted by molar-refractivity contribution is -0.123. The van der Waals surface area contributed by atoms with Gasteiger partial charge < -0.3 is 15.7 Å². The van der Waals surface area contributed by atoms with Gasteiger partial charge in [-0.1, -0.05) is 17.7 Å². The van der Waals surface area contributed by atoms with E-state index in [1.807, 2.05) is 0 Å². The molecular formula is C12H13ClN2O3. The lowest BCUT2D eigenvalue weighted by atomic mass is 10.1. The van der Waals surface area contributed by atoms with Crippen LogP contribution in [0.15, 0.2) is 12.1 Å². The van der Waals surface area contributed by atoms with Crippen molar-refractivity contribution in [1.82, 2.24) is 0 Å². The first-order chi connectivity index (χ1) is 8.41. The number of amides is 2. The molecule has 0 aliphatic carbocycles. The van der Waals surface area contributed by atoms with Crippen LogP contribution in [0.1, 0.15) is 12.0 Å². The molecule has 1 fully saturated rings. The molecular weight excluding hydrogens is 256 g/mol. The molecule has 1 heterocycles. The Morgan fingerprint density at radius 2 is 2.22 bits per heavy atom. The van der Waals surface area contributed by atoms with Crippen molar-refractivity contribution >= 4 is 29.1 Å². The summed E-state index contributed by atoms with van der Waals surface area (Å²) in [5.41, 5.74) is 6.23. The molecule has 2 amide bonds. The summed E-state index contributed by atoms with van der Waals surface area (Å²) in [7, 11) is 0. The van der Waals surface area contributed by atoms with Gasteiger partial charge in [-0.05, 0) is 18.6 Å². The molecule has 3 N–H and O–H groups in total. The molecule has 0 aromatic heterocycles. The summed E-state index contributed by atoms with van der Waals surface area (Å²) >= 11 is 6.01. The first-order valence-corrected chi connectivity index (χ1v) is 5.87. The number of rotatable bonds is 2. The number of phenolic OH excluding ortho intramolecular Hbond substituents is 1. The maximum Gasteiger partial charge on any atom is 0.227 e. The number of nitrogens with zero attached hydrogens (tertiary/aromatic N) is 1. The van der Waals surface area contributed by atoms with E-state index < -0.39 is 11.8 Å². The third kappa shape index (κ3) is 2.01. The van der Waals surface area contributed by atoms with Crippen molar-refractivity contribution in [3.05, 3.63) is 22.7 Å². The molecule has 1 aliphatic heterocycles. The molecule has 1 saturated heterocycles. The third-order valence-electron chi connectivity index (χ3n) is 3.12. The summed E-state index contributed by atoms with van der Waals surface area (Å²) in [6.07, 6.45) is 0.0836. The van der Waals surface area contributed by atoms with Crippen molar-refractivity contribution in [3.8, 4) is 5.75 Å². The highest BCUT2D eigenvalue weighted by Gasteiger charge is 2.35. The van der Waals surface area contributed by atoms with Gasteiger partial charge >= 0.3 is 0 Å². The number of aryl methyl sites for hydroxylation is 1. The number of phenols is 1. The Labute approximate surface area is 109 Å². The minimum absolute atomic E-state index is 0.0514. The minimum atomic E-state index is -0.503. The summed E-state index contributed by atoms with van der Waals surface area (Å²) in [5, 5.41) is 9.87. The van der Waals surface area contributed by atoms with E-state index in [1.54, 1.807) is 19.1 Å². The Balaban J connectivity index is 2.36. The number of nitrogens with two attached hydrogens (primary N) is 1. The Bertz CT molecular complexity index is 530. The molecule has 1 aromatic carbocycles. The van der Waals surface area contributed by atoms with Crippen LogP contribution in [0.4, 0.5) is 5.69 Å². The minimum Gasteiger partial charge on any atom is -0.506 e. The standard InChI is InChI=1S/C12H13ClN2O3/c1-6-2-3-8(10(13)11(6)17)15-5-7(12(14)18)4-9(15)16/h2-3,7,17H,4-5H2,1H3,(H2,14,18). The van der Waals surface area contributed by atoms with Crippen molar-refractivity contribution in [3.63, 3.8) is 0 Å². The lowest BCUT2D eigenvalue weighted by Crippen LogP contribution is -2.28. The van der Waals surface area contributed by atoms with Crippen LogP contribution >= 0.6 is 11.6 Å². The largest absolute Gasteiger partial charge is 0.506 e. The molecule has 1 aromatic rings. The number of carbonyl (C=O) groups is 2. The fraction of sp³-hybridized carbons (Fsp3) is 0.333. The molecule has 1 atom stereocenters. The fourth-order valence-electron chi connectivity index (χ4n) is 1.99. The van der Waals surface area contributed by atoms with Crippen LogP contribution in [0.25, 0.3) is 0 Å². The Kier molecular flexibility index (Phi) is 3.17. The summed E-state index contributed by atoms with van der Waals surface area (Å²) in [6, 6.07) is 3.32. The summed E-state index contributed by atoms with van der Waals surface area (Å²) in [4.78, 5) is 24.3. The van der Waals surface area contributed by atoms with Gasteiger partial charge in [0.2, 0.25) is 11.8 Å². The maximum atomic E-state index is 11.8. The molecule has 1 unspecified atom stereocenters. The van der Waals surface area contributed by atoms with E-state index in [0.717, 1.165) is 0 Å². The highest BCUT2D eigenvalue weighted by atomic mass is 35.5. The van der Waals surface area contributed by atoms with Gasteiger partial charge in [0.1, 0.15) is 10.8 Å². The van der Waals surface area contributed by atoms with Crippen LogP contribution in [0, 0.1) is 12.8 Å². The second-order valence-electron chi connectivity index (χ2n) is 4.37. The van der Waals surface area contributed by atoms with Crippen LogP contribution < -0.4 is 10.6 Å². The topological polar surface area (TPSA) is 83.6 Å². The SMILES string of the molecule is Cc1ccc(N2CC(C(N)=O)CC2=O)c(Cl)c1O. The molecule has 5 nitrogen and oxygen atoms in total. The van der Waals surface area contributed by atoms with E-state index in [1.165, 1.54) is 4.90 Å². The van der Waals surface area contributed by atoms with Crippen molar-refractivity contribution in [2.24, 2.45) is 11.7 Å². The Morgan fingerprint density at radius 3 is 2.78 bits per heavy atom. The van der Waals surface area contributed by atoms with Gasteiger partial charge in [0.15, 0.2) is 0 Å². The predicted molar refractivity (Wildman–Crippen MR) is 67.5 cm³/mol. The number of primary amides is 1. The van der Waals surface area contributed by atoms with Crippen molar-refractivity contribution < 1.29 is 14.7 Å². The Morgan fingerprint density at radius 1 is 1.56 bits per heavy atom. The fourth-order valence-corrected chi connectivity index (χ4v) is 2.30. The zero-order valence-electron chi connectivity index (χ0n) is 9.81. The van der Waals surface area contributed by atoms with Gasteiger partial charge in [-0.2, -0.15) is 0 Å². The van der Waals surface area contributed by atoms with Crippen molar-refractivity contribution in [2.75, 3.05) is 11.4 Å². The van der Waals surface area contributed by atoms with Crippen LogP contribution in [-0.2, 0) is 9.59 Å². The summed E-state index contributed by atoms with van der Waals surface area (Å²) in [5.74, 6) is -1.27. The molecule has 0 bridgehead atoms. The average Bonchev–Trinajstić information content (AvgIpc) is 2.69. The number of hydrogen-bond acceptors (Lipinski definition) is 3. The molecule has 0 saturated carbocycles. The van der Waals surface area contributed by atoms with E-state index in [0.29, 0.717) is 11.3 Å². The van der Waals surface area contributed by atoms with E-state index in [9.17, 15) is 14.7 Å². The quantitative estimate of drug-likeness (QED) is 0.845. The average molecular weight is 269 g/mol. The normalized spacial score (nSPS) is 19.3. The second-order valence-corrected chi connectivity index (χ2v) is 4.75. The van der Waals surface area contributed by atoms with E-state index in [2.05, 4.69) is 0 Å². The number of hydrogen-bond donors (Lipinski definition) is 2. The smallest absolute Gasteiger partial charge is 0.227 e. The maximum absolute atomic E-state index is 11.8. The van der Waals surface area contributed by atoms with Crippen molar-refractivity contribution in [2.45, 2.75) is 13.3 Å². The second kappa shape index (κ2) is 4.49. The molecule has 0 spiro atoms. The zero-order valence-corrected chi connectivity index (χ0v) is 10.6. The molecule has 1 aliphatic rings. The molecule has 0 radical (unpaired) electrons. The van der Waals surface area contributed by atoms with Crippen LogP contribution in [0.3, 0.4) is 0 Å². The highest BCUT2D eigenvalue weighted by Crippen LogP contribution is 2.38. The Hall–Kier alpha value is -1.75. The lowest BCUT2D eigenvalue weighted by Gasteiger charge is -2.19. The number of carbonyl (C=O) groups excluding carboxylic acids is 2. The van der Waals surface area contributed by atoms with Gasteiger partial charge in [-0.15, -0.1) is 0 Å². The number of benzene rings is 1. The summed E-state index contributed by atoms with van der Waals surface area (Å²) in [6.45, 7) is 1.92. The number of anilines is 1. The molecule has 6 heteroatoms. The first-order valence-electron chi connectivity index (χ1n) is 5.49. The zero-order chi connectivity index (χ0) is 13.4. The summed E-state index contributed by atoms with van der Waals surface area (Å²) < 4.78 is 0. The molecule has 96 valence electrons. The predicted octanol–water partition coefficient (Wildman–Crippen LogP) is 1.19. The molecule has 2 rings (SSSR count). The van der Waals surface area contributed by atoms with Gasteiger partial charge in [-0.3, -0.25) is 9.59 Å². The third-order valence-corrected chi connectivity index (χ3v) is 3.49. The van der Waals surface area contributed by atoms with Crippen LogP contribution in [0.5, 0.6) is 5.75 Å². The van der Waals surface area contributed by atoms with E-state index in [-0.39, 0.29) is 29.6 Å². The highest BCUT2D eigenvalue weighted by molar-refractivity contribution is 6.35. The van der Waals surface area contributed by atoms with Gasteiger partial charge in [0.25, 0.3) is 0 Å².